The Kier molecular flexibility index (Phi) is 55.0. The number of hydrogen-bond acceptors (Lipinski definition) is 5. The van der Waals surface area contributed by atoms with Gasteiger partial charge in [0.15, 0.2) is 0 Å². The summed E-state index contributed by atoms with van der Waals surface area (Å²) in [6, 6.07) is -0.627. The summed E-state index contributed by atoms with van der Waals surface area (Å²) in [7, 11) is 0. The Hall–Kier alpha value is -1.40. The number of ether oxygens (including phenoxy) is 1. The molecule has 2 atom stereocenters. The van der Waals surface area contributed by atoms with Crippen LogP contribution in [0, 0.1) is 0 Å². The molecule has 66 heavy (non-hydrogen) atoms. The molecule has 0 aliphatic rings. The molecule has 0 spiro atoms. The van der Waals surface area contributed by atoms with Crippen LogP contribution in [0.1, 0.15) is 335 Å². The average molecular weight is 933 g/mol. The lowest BCUT2D eigenvalue weighted by atomic mass is 10.0. The molecule has 0 saturated carbocycles. The van der Waals surface area contributed by atoms with Gasteiger partial charge in [-0.05, 0) is 32.1 Å². The lowest BCUT2D eigenvalue weighted by Gasteiger charge is -2.20. The van der Waals surface area contributed by atoms with E-state index in [2.05, 4.69) is 19.2 Å². The van der Waals surface area contributed by atoms with E-state index in [1.54, 1.807) is 6.08 Å². The number of nitrogens with one attached hydrogen (secondary N) is 1. The maximum absolute atomic E-state index is 12.4. The zero-order chi connectivity index (χ0) is 47.9. The topological polar surface area (TPSA) is 95.9 Å². The van der Waals surface area contributed by atoms with Crippen molar-refractivity contribution in [2.45, 2.75) is 347 Å². The molecule has 0 aromatic rings. The highest BCUT2D eigenvalue weighted by atomic mass is 16.5. The van der Waals surface area contributed by atoms with Gasteiger partial charge in [-0.3, -0.25) is 9.59 Å². The van der Waals surface area contributed by atoms with E-state index in [0.717, 1.165) is 38.5 Å². The molecule has 6 nitrogen and oxygen atoms in total. The molecule has 3 N–H and O–H groups in total. The fourth-order valence-electron chi connectivity index (χ4n) is 9.46. The summed E-state index contributed by atoms with van der Waals surface area (Å²) in [5, 5.41) is 23.0. The highest BCUT2D eigenvalue weighted by Crippen LogP contribution is 2.18. The number of amides is 1. The molecule has 0 aromatic heterocycles. The fourth-order valence-corrected chi connectivity index (χ4v) is 9.46. The molecular formula is C60H117NO5. The van der Waals surface area contributed by atoms with Crippen LogP contribution in [0.15, 0.2) is 12.2 Å². The van der Waals surface area contributed by atoms with Crippen molar-refractivity contribution in [2.24, 2.45) is 0 Å². The Bertz CT molecular complexity index is 986. The maximum Gasteiger partial charge on any atom is 0.305 e. The number of allylic oxidation sites excluding steroid dienone is 1. The summed E-state index contributed by atoms with van der Waals surface area (Å²) >= 11 is 0. The molecule has 6 heteroatoms. The molecule has 0 radical (unpaired) electrons. The van der Waals surface area contributed by atoms with E-state index in [4.69, 9.17) is 4.74 Å². The molecule has 0 bridgehead atoms. The SMILES string of the molecule is CCCCCCCCCCCC/C=C/C(O)C(CO)NC(=O)CCCCCCCCCCCCCCCCCCCCCCOC(=O)CCCCCCCCCCCCCCCCCCC. The molecule has 2 unspecified atom stereocenters. The first kappa shape index (κ1) is 64.6. The number of esters is 1. The number of rotatable bonds is 56. The average Bonchev–Trinajstić information content (AvgIpc) is 3.32. The minimum absolute atomic E-state index is 0.0143. The van der Waals surface area contributed by atoms with E-state index >= 15 is 0 Å². The standard InChI is InChI=1S/C60H117NO5/c1-3-5-7-9-11-13-15-17-18-23-27-30-34-38-42-46-50-54-60(65)66-55-51-47-43-39-35-31-28-25-22-20-19-21-24-26-29-33-37-41-45-49-53-59(64)61-57(56-62)58(63)52-48-44-40-36-32-16-14-12-10-8-6-4-2/h48,52,57-58,62-63H,3-47,49-51,53-56H2,1-2H3,(H,61,64)/b52-48+. The quantitative estimate of drug-likeness (QED) is 0.0321. The van der Waals surface area contributed by atoms with Gasteiger partial charge in [0.25, 0.3) is 0 Å². The van der Waals surface area contributed by atoms with Crippen LogP contribution in [-0.2, 0) is 14.3 Å². The third kappa shape index (κ3) is 52.0. The van der Waals surface area contributed by atoms with Crippen LogP contribution in [0.2, 0.25) is 0 Å². The molecular weight excluding hydrogens is 815 g/mol. The van der Waals surface area contributed by atoms with Crippen LogP contribution < -0.4 is 5.32 Å². The summed E-state index contributed by atoms with van der Waals surface area (Å²) in [6.07, 6.45) is 66.7. The van der Waals surface area contributed by atoms with Crippen molar-refractivity contribution in [3.8, 4) is 0 Å². The second kappa shape index (κ2) is 56.2. The number of aliphatic hydroxyl groups is 2. The third-order valence-electron chi connectivity index (χ3n) is 14.1. The Morgan fingerprint density at radius 3 is 1.03 bits per heavy atom. The fraction of sp³-hybridized carbons (Fsp3) is 0.933. The van der Waals surface area contributed by atoms with E-state index in [1.165, 1.54) is 270 Å². The van der Waals surface area contributed by atoms with Gasteiger partial charge in [-0.2, -0.15) is 0 Å². The molecule has 1 amide bonds. The van der Waals surface area contributed by atoms with Crippen LogP contribution in [0.25, 0.3) is 0 Å². The van der Waals surface area contributed by atoms with Crippen LogP contribution in [-0.4, -0.2) is 47.4 Å². The zero-order valence-corrected chi connectivity index (χ0v) is 44.7. The predicted molar refractivity (Wildman–Crippen MR) is 287 cm³/mol. The highest BCUT2D eigenvalue weighted by molar-refractivity contribution is 5.76. The second-order valence-electron chi connectivity index (χ2n) is 20.7. The van der Waals surface area contributed by atoms with Gasteiger partial charge in [0.2, 0.25) is 5.91 Å². The van der Waals surface area contributed by atoms with Gasteiger partial charge in [0.1, 0.15) is 0 Å². The monoisotopic (exact) mass is 932 g/mol. The van der Waals surface area contributed by atoms with E-state index in [0.29, 0.717) is 19.4 Å². The largest absolute Gasteiger partial charge is 0.466 e. The third-order valence-corrected chi connectivity index (χ3v) is 14.1. The van der Waals surface area contributed by atoms with Crippen molar-refractivity contribution in [3.63, 3.8) is 0 Å². The first-order valence-corrected chi connectivity index (χ1v) is 30.0. The molecule has 0 aromatic carbocycles. The molecule has 0 heterocycles. The summed E-state index contributed by atoms with van der Waals surface area (Å²) in [5.41, 5.74) is 0. The summed E-state index contributed by atoms with van der Waals surface area (Å²) < 4.78 is 5.49. The maximum atomic E-state index is 12.4. The Labute approximate surface area is 412 Å². The number of aliphatic hydroxyl groups excluding tert-OH is 2. The molecule has 0 aliphatic heterocycles. The molecule has 0 fully saturated rings. The summed E-state index contributed by atoms with van der Waals surface area (Å²) in [6.45, 7) is 4.91. The highest BCUT2D eigenvalue weighted by Gasteiger charge is 2.18. The second-order valence-corrected chi connectivity index (χ2v) is 20.7. The van der Waals surface area contributed by atoms with Crippen LogP contribution in [0.4, 0.5) is 0 Å². The molecule has 0 rings (SSSR count). The lowest BCUT2D eigenvalue weighted by Crippen LogP contribution is -2.45. The molecule has 0 aliphatic carbocycles. The molecule has 392 valence electrons. The van der Waals surface area contributed by atoms with Crippen molar-refractivity contribution in [2.75, 3.05) is 13.2 Å². The van der Waals surface area contributed by atoms with Crippen LogP contribution in [0.3, 0.4) is 0 Å². The minimum Gasteiger partial charge on any atom is -0.466 e. The van der Waals surface area contributed by atoms with Gasteiger partial charge >= 0.3 is 5.97 Å². The Morgan fingerprint density at radius 2 is 0.697 bits per heavy atom. The van der Waals surface area contributed by atoms with Gasteiger partial charge in [0.05, 0.1) is 25.4 Å². The lowest BCUT2D eigenvalue weighted by molar-refractivity contribution is -0.143. The van der Waals surface area contributed by atoms with Crippen molar-refractivity contribution in [1.82, 2.24) is 5.32 Å². The normalized spacial score (nSPS) is 12.6. The minimum atomic E-state index is -0.843. The number of hydrogen-bond donors (Lipinski definition) is 3. The van der Waals surface area contributed by atoms with Crippen molar-refractivity contribution in [3.05, 3.63) is 12.2 Å². The van der Waals surface area contributed by atoms with Crippen molar-refractivity contribution < 1.29 is 24.5 Å². The number of carbonyl (C=O) groups is 2. The number of unbranched alkanes of at least 4 members (excludes halogenated alkanes) is 45. The predicted octanol–water partition coefficient (Wildman–Crippen LogP) is 18.5. The van der Waals surface area contributed by atoms with Gasteiger partial charge < -0.3 is 20.3 Å². The first-order chi connectivity index (χ1) is 32.5. The summed E-state index contributed by atoms with van der Waals surface area (Å²) in [4.78, 5) is 24.5. The molecule has 0 saturated heterocycles. The van der Waals surface area contributed by atoms with Gasteiger partial charge in [-0.25, -0.2) is 0 Å². The van der Waals surface area contributed by atoms with E-state index in [-0.39, 0.29) is 18.5 Å². The zero-order valence-electron chi connectivity index (χ0n) is 44.7. The van der Waals surface area contributed by atoms with E-state index in [1.807, 2.05) is 6.08 Å². The number of carbonyl (C=O) groups excluding carboxylic acids is 2. The van der Waals surface area contributed by atoms with E-state index in [9.17, 15) is 19.8 Å². The smallest absolute Gasteiger partial charge is 0.305 e. The van der Waals surface area contributed by atoms with Gasteiger partial charge in [-0.1, -0.05) is 302 Å². The van der Waals surface area contributed by atoms with Gasteiger partial charge in [0, 0.05) is 12.8 Å². The van der Waals surface area contributed by atoms with E-state index < -0.39 is 12.1 Å². The Balaban J connectivity index is 3.37. The first-order valence-electron chi connectivity index (χ1n) is 30.0. The van der Waals surface area contributed by atoms with Gasteiger partial charge in [-0.15, -0.1) is 0 Å². The summed E-state index contributed by atoms with van der Waals surface area (Å²) in [5.74, 6) is -0.0548. The van der Waals surface area contributed by atoms with Crippen LogP contribution in [0.5, 0.6) is 0 Å². The van der Waals surface area contributed by atoms with Crippen molar-refractivity contribution >= 4 is 11.9 Å². The Morgan fingerprint density at radius 1 is 0.409 bits per heavy atom. The van der Waals surface area contributed by atoms with Crippen LogP contribution >= 0.6 is 0 Å². The van der Waals surface area contributed by atoms with Crippen molar-refractivity contribution in [1.29, 1.82) is 0 Å².